The summed E-state index contributed by atoms with van der Waals surface area (Å²) in [7, 11) is 1.62. The summed E-state index contributed by atoms with van der Waals surface area (Å²) in [5, 5.41) is 15.5. The van der Waals surface area contributed by atoms with Crippen LogP contribution in [0.4, 0.5) is 0 Å². The Hall–Kier alpha value is -2.35. The summed E-state index contributed by atoms with van der Waals surface area (Å²) in [4.78, 5) is 24.9. The van der Waals surface area contributed by atoms with Crippen LogP contribution in [-0.4, -0.2) is 43.4 Å². The van der Waals surface area contributed by atoms with E-state index in [4.69, 9.17) is 9.15 Å². The molecular weight excluding hydrogens is 396 g/mol. The number of ether oxygens (including phenoxy) is 1. The highest BCUT2D eigenvalue weighted by Crippen LogP contribution is 2.15. The van der Waals surface area contributed by atoms with Crippen molar-refractivity contribution in [3.05, 3.63) is 63.2 Å². The molecule has 1 aromatic heterocycles. The monoisotopic (exact) mass is 422 g/mol. The highest BCUT2D eigenvalue weighted by Gasteiger charge is 2.24. The number of hydrogen-bond acceptors (Lipinski definition) is 6. The molecule has 1 aliphatic rings. The first-order chi connectivity index (χ1) is 13.5. The maximum absolute atomic E-state index is 12.5. The number of nitrogens with one attached hydrogen (secondary N) is 2. The second kappa shape index (κ2) is 10.4. The van der Waals surface area contributed by atoms with Crippen molar-refractivity contribution in [1.82, 2.24) is 10.6 Å². The minimum atomic E-state index is -0.633. The van der Waals surface area contributed by atoms with Crippen molar-refractivity contribution in [3.63, 3.8) is 0 Å². The Labute approximate surface area is 175 Å². The molecule has 2 atom stereocenters. The number of benzene rings is 1. The zero-order valence-electron chi connectivity index (χ0n) is 16.6. The van der Waals surface area contributed by atoms with Crippen LogP contribution in [0.1, 0.15) is 33.7 Å². The number of aryl methyl sites for hydroxylation is 3. The Morgan fingerprint density at radius 2 is 2.00 bits per heavy atom. The molecule has 1 amide bonds. The molecule has 1 aliphatic heterocycles. The van der Waals surface area contributed by atoms with Crippen LogP contribution in [0.5, 0.6) is 5.75 Å². The molecule has 1 aromatic carbocycles. The highest BCUT2D eigenvalue weighted by atomic mass is 35.5. The van der Waals surface area contributed by atoms with Crippen molar-refractivity contribution in [2.75, 3.05) is 20.2 Å². The number of aliphatic hydroxyl groups excluding tert-OH is 1. The smallest absolute Gasteiger partial charge is 0.349 e. The highest BCUT2D eigenvalue weighted by molar-refractivity contribution is 5.95. The van der Waals surface area contributed by atoms with Gasteiger partial charge in [-0.1, -0.05) is 12.1 Å². The van der Waals surface area contributed by atoms with Gasteiger partial charge in [0.1, 0.15) is 17.1 Å². The first-order valence-corrected chi connectivity index (χ1v) is 9.42. The summed E-state index contributed by atoms with van der Waals surface area (Å²) in [5.41, 5.74) is 1.08. The van der Waals surface area contributed by atoms with Gasteiger partial charge in [0.2, 0.25) is 0 Å². The van der Waals surface area contributed by atoms with E-state index >= 15 is 0 Å². The third kappa shape index (κ3) is 6.06. The van der Waals surface area contributed by atoms with Crippen LogP contribution in [0.2, 0.25) is 0 Å². The molecule has 29 heavy (non-hydrogen) atoms. The Morgan fingerprint density at radius 3 is 2.62 bits per heavy atom. The minimum Gasteiger partial charge on any atom is -0.497 e. The molecule has 0 radical (unpaired) electrons. The van der Waals surface area contributed by atoms with E-state index in [1.165, 1.54) is 0 Å². The van der Waals surface area contributed by atoms with E-state index in [1.807, 2.05) is 24.3 Å². The molecule has 158 valence electrons. The lowest BCUT2D eigenvalue weighted by atomic mass is 10.0. The number of amides is 1. The summed E-state index contributed by atoms with van der Waals surface area (Å²) in [6.45, 7) is 2.81. The molecule has 0 spiro atoms. The van der Waals surface area contributed by atoms with Crippen molar-refractivity contribution in [2.24, 2.45) is 0 Å². The first kappa shape index (κ1) is 22.9. The second-order valence-electron chi connectivity index (χ2n) is 7.12. The number of halogens is 1. The molecule has 2 aromatic rings. The number of methoxy groups -OCH3 is 1. The first-order valence-electron chi connectivity index (χ1n) is 9.42. The lowest BCUT2D eigenvalue weighted by Crippen LogP contribution is -2.51. The third-order valence-electron chi connectivity index (χ3n) is 4.91. The predicted octanol–water partition coefficient (Wildman–Crippen LogP) is 1.62. The van der Waals surface area contributed by atoms with Crippen molar-refractivity contribution in [1.29, 1.82) is 0 Å². The van der Waals surface area contributed by atoms with Gasteiger partial charge in [-0.25, -0.2) is 4.79 Å². The minimum absolute atomic E-state index is 0. The topological polar surface area (TPSA) is 101 Å². The molecule has 0 unspecified atom stereocenters. The van der Waals surface area contributed by atoms with E-state index in [1.54, 1.807) is 20.1 Å². The van der Waals surface area contributed by atoms with Gasteiger partial charge in [0, 0.05) is 25.6 Å². The number of piperidine rings is 1. The normalized spacial score (nSPS) is 18.6. The van der Waals surface area contributed by atoms with Crippen molar-refractivity contribution in [2.45, 2.75) is 38.3 Å². The van der Waals surface area contributed by atoms with E-state index in [0.717, 1.165) is 11.3 Å². The molecule has 2 heterocycles. The largest absolute Gasteiger partial charge is 0.497 e. The van der Waals surface area contributed by atoms with Crippen molar-refractivity contribution in [3.8, 4) is 5.75 Å². The van der Waals surface area contributed by atoms with Crippen LogP contribution in [-0.2, 0) is 12.8 Å². The van der Waals surface area contributed by atoms with Gasteiger partial charge in [0.05, 0.1) is 13.2 Å². The quantitative estimate of drug-likeness (QED) is 0.654. The Kier molecular flexibility index (Phi) is 8.25. The second-order valence-corrected chi connectivity index (χ2v) is 7.12. The molecule has 8 heteroatoms. The summed E-state index contributed by atoms with van der Waals surface area (Å²) >= 11 is 0. The van der Waals surface area contributed by atoms with E-state index in [-0.39, 0.29) is 24.0 Å². The van der Waals surface area contributed by atoms with E-state index < -0.39 is 17.6 Å². The molecule has 3 rings (SSSR count). The molecule has 1 saturated heterocycles. The maximum atomic E-state index is 12.5. The Morgan fingerprint density at radius 1 is 1.28 bits per heavy atom. The Bertz CT molecular complexity index is 882. The summed E-state index contributed by atoms with van der Waals surface area (Å²) in [6.07, 6.45) is 1.23. The lowest BCUT2D eigenvalue weighted by Gasteiger charge is -2.27. The molecule has 7 nitrogen and oxygen atoms in total. The van der Waals surface area contributed by atoms with Gasteiger partial charge < -0.3 is 24.9 Å². The number of carbonyl (C=O) groups excluding carboxylic acids is 1. The maximum Gasteiger partial charge on any atom is 0.349 e. The fourth-order valence-electron chi connectivity index (χ4n) is 3.42. The molecule has 1 fully saturated rings. The average molecular weight is 423 g/mol. The number of hydrogen-bond donors (Lipinski definition) is 3. The van der Waals surface area contributed by atoms with Crippen LogP contribution < -0.4 is 21.0 Å². The summed E-state index contributed by atoms with van der Waals surface area (Å²) < 4.78 is 10.5. The fourth-order valence-corrected chi connectivity index (χ4v) is 3.42. The van der Waals surface area contributed by atoms with Gasteiger partial charge in [-0.05, 0) is 49.1 Å². The summed E-state index contributed by atoms with van der Waals surface area (Å²) in [6, 6.07) is 9.25. The average Bonchev–Trinajstić information content (AvgIpc) is 2.66. The van der Waals surface area contributed by atoms with E-state index in [0.29, 0.717) is 43.7 Å². The van der Waals surface area contributed by atoms with E-state index in [2.05, 4.69) is 10.6 Å². The zero-order chi connectivity index (χ0) is 20.1. The SMILES string of the molecule is COc1ccc(CCc2cc(C)c(C(=O)N[C@@H]3CNC[C@H](O)C3)c(=O)o2)cc1.Cl. The van der Waals surface area contributed by atoms with Gasteiger partial charge in [-0.3, -0.25) is 4.79 Å². The zero-order valence-corrected chi connectivity index (χ0v) is 17.4. The van der Waals surface area contributed by atoms with Crippen molar-refractivity contribution < 1.29 is 19.1 Å². The van der Waals surface area contributed by atoms with Crippen LogP contribution in [0.3, 0.4) is 0 Å². The molecule has 3 N–H and O–H groups in total. The molecule has 0 saturated carbocycles. The molecule has 0 bridgehead atoms. The number of rotatable bonds is 6. The van der Waals surface area contributed by atoms with Crippen molar-refractivity contribution >= 4 is 18.3 Å². The van der Waals surface area contributed by atoms with Gasteiger partial charge in [0.25, 0.3) is 5.91 Å². The van der Waals surface area contributed by atoms with Crippen LogP contribution in [0.25, 0.3) is 0 Å². The molecule has 0 aliphatic carbocycles. The van der Waals surface area contributed by atoms with Gasteiger partial charge in [0.15, 0.2) is 0 Å². The van der Waals surface area contributed by atoms with Gasteiger partial charge >= 0.3 is 5.63 Å². The van der Waals surface area contributed by atoms with Crippen LogP contribution in [0, 0.1) is 6.92 Å². The number of aliphatic hydroxyl groups is 1. The third-order valence-corrected chi connectivity index (χ3v) is 4.91. The number of carbonyl (C=O) groups is 1. The van der Waals surface area contributed by atoms with Gasteiger partial charge in [-0.15, -0.1) is 12.4 Å². The van der Waals surface area contributed by atoms with Crippen LogP contribution in [0.15, 0.2) is 39.5 Å². The number of β-amino-alcohol motifs (C(OH)–C–C–N with tert-alkyl or cyclic N) is 1. The predicted molar refractivity (Wildman–Crippen MR) is 112 cm³/mol. The molecular formula is C21H27ClN2O5. The van der Waals surface area contributed by atoms with Crippen LogP contribution >= 0.6 is 12.4 Å². The Balaban J connectivity index is 0.00000300. The summed E-state index contributed by atoms with van der Waals surface area (Å²) in [5.74, 6) is 0.876. The fraction of sp³-hybridized carbons (Fsp3) is 0.429. The van der Waals surface area contributed by atoms with E-state index in [9.17, 15) is 14.7 Å². The standard InChI is InChI=1S/C21H26N2O5.ClH/c1-13-9-18(8-5-14-3-6-17(27-2)7-4-14)28-21(26)19(13)20(25)23-15-10-16(24)12-22-11-15;/h3-4,6-7,9,15-16,22,24H,5,8,10-12H2,1-2H3,(H,23,25);1H/t15-,16+;/m0./s1. The lowest BCUT2D eigenvalue weighted by molar-refractivity contribution is 0.0871. The van der Waals surface area contributed by atoms with Gasteiger partial charge in [-0.2, -0.15) is 0 Å².